The number of ether oxygens (including phenoxy) is 1. The number of thiophene rings is 1. The number of para-hydroxylation sites is 2. The van der Waals surface area contributed by atoms with Crippen molar-refractivity contribution in [3.8, 4) is 56.8 Å². The van der Waals surface area contributed by atoms with E-state index < -0.39 is 5.41 Å². The molecule has 1 aliphatic carbocycles. The van der Waals surface area contributed by atoms with E-state index in [1.165, 1.54) is 48.9 Å². The molecule has 2 aliphatic rings. The van der Waals surface area contributed by atoms with Crippen LogP contribution in [0.15, 0.2) is 164 Å². The summed E-state index contributed by atoms with van der Waals surface area (Å²) in [6.07, 6.45) is 0. The maximum atomic E-state index is 6.57. The second-order valence-electron chi connectivity index (χ2n) is 13.1. The van der Waals surface area contributed by atoms with Gasteiger partial charge in [-0.05, 0) is 52.6 Å². The lowest BCUT2D eigenvalue weighted by Crippen LogP contribution is -2.32. The minimum absolute atomic E-state index is 0.513. The van der Waals surface area contributed by atoms with Crippen molar-refractivity contribution in [3.05, 3.63) is 186 Å². The summed E-state index contributed by atoms with van der Waals surface area (Å²) in [6, 6.07) is 57.6. The predicted molar refractivity (Wildman–Crippen MR) is 206 cm³/mol. The van der Waals surface area contributed by atoms with Crippen LogP contribution in [0.4, 0.5) is 0 Å². The number of nitrogens with zero attached hydrogens (tertiary/aromatic N) is 3. The third kappa shape index (κ3) is 4.04. The first-order valence-electron chi connectivity index (χ1n) is 17.1. The average molecular weight is 670 g/mol. The van der Waals surface area contributed by atoms with Gasteiger partial charge in [-0.25, -0.2) is 15.0 Å². The van der Waals surface area contributed by atoms with Crippen LogP contribution in [-0.4, -0.2) is 15.0 Å². The van der Waals surface area contributed by atoms with Crippen LogP contribution in [0, 0.1) is 0 Å². The van der Waals surface area contributed by atoms with Gasteiger partial charge in [0.15, 0.2) is 17.5 Å². The molecule has 238 valence electrons. The van der Waals surface area contributed by atoms with Gasteiger partial charge >= 0.3 is 0 Å². The summed E-state index contributed by atoms with van der Waals surface area (Å²) in [5.74, 6) is 3.78. The number of fused-ring (bicyclic) bond motifs is 12. The lowest BCUT2D eigenvalue weighted by molar-refractivity contribution is 0.436. The zero-order valence-electron chi connectivity index (χ0n) is 27.2. The molecule has 0 radical (unpaired) electrons. The fourth-order valence-electron chi connectivity index (χ4n) is 8.25. The molecular weight excluding hydrogens is 643 g/mol. The Morgan fingerprint density at radius 2 is 0.961 bits per heavy atom. The van der Waals surface area contributed by atoms with Crippen molar-refractivity contribution in [1.29, 1.82) is 0 Å². The predicted octanol–water partition coefficient (Wildman–Crippen LogP) is 11.7. The van der Waals surface area contributed by atoms with E-state index in [2.05, 4.69) is 127 Å². The van der Waals surface area contributed by atoms with Gasteiger partial charge in [-0.1, -0.05) is 133 Å². The monoisotopic (exact) mass is 669 g/mol. The van der Waals surface area contributed by atoms with Crippen molar-refractivity contribution < 1.29 is 4.74 Å². The standard InChI is InChI=1S/C46H27N3OS/c1-3-14-28(15-4-1)43-47-44(29-16-5-2-6-17-29)49-45(48-43)32-20-13-19-31-34-26-38-33(27-41(34)51-42(31)32)30-18-7-8-21-35(30)46(38)36-22-9-11-24-39(36)50-40-25-12-10-23-37(40)46/h1-27H. The topological polar surface area (TPSA) is 47.9 Å². The van der Waals surface area contributed by atoms with Crippen molar-refractivity contribution in [2.75, 3.05) is 0 Å². The third-order valence-corrected chi connectivity index (χ3v) is 11.6. The highest BCUT2D eigenvalue weighted by Crippen LogP contribution is 2.63. The van der Waals surface area contributed by atoms with E-state index >= 15 is 0 Å². The number of aromatic nitrogens is 3. The molecule has 0 bridgehead atoms. The zero-order chi connectivity index (χ0) is 33.5. The molecule has 0 atom stereocenters. The molecule has 5 heteroatoms. The van der Waals surface area contributed by atoms with Crippen LogP contribution in [0.1, 0.15) is 22.3 Å². The molecule has 2 aromatic heterocycles. The van der Waals surface area contributed by atoms with Crippen molar-refractivity contribution in [1.82, 2.24) is 15.0 Å². The lowest BCUT2D eigenvalue weighted by Gasteiger charge is -2.39. The van der Waals surface area contributed by atoms with E-state index in [0.717, 1.165) is 32.9 Å². The fourth-order valence-corrected chi connectivity index (χ4v) is 9.48. The summed E-state index contributed by atoms with van der Waals surface area (Å²) in [4.78, 5) is 15.1. The Bertz CT molecular complexity index is 2740. The molecule has 0 amide bonds. The maximum absolute atomic E-state index is 6.57. The summed E-state index contributed by atoms with van der Waals surface area (Å²) >= 11 is 1.81. The van der Waals surface area contributed by atoms with Gasteiger partial charge in [0.25, 0.3) is 0 Å². The highest BCUT2D eigenvalue weighted by atomic mass is 32.1. The molecule has 0 N–H and O–H groups in total. The molecule has 4 nitrogen and oxygen atoms in total. The number of hydrogen-bond donors (Lipinski definition) is 0. The van der Waals surface area contributed by atoms with Crippen LogP contribution in [0.2, 0.25) is 0 Å². The van der Waals surface area contributed by atoms with Gasteiger partial charge in [-0.3, -0.25) is 0 Å². The highest BCUT2D eigenvalue weighted by molar-refractivity contribution is 7.26. The van der Waals surface area contributed by atoms with Gasteiger partial charge in [-0.2, -0.15) is 0 Å². The smallest absolute Gasteiger partial charge is 0.165 e. The summed E-state index contributed by atoms with van der Waals surface area (Å²) in [5.41, 5.74) is 9.83. The van der Waals surface area contributed by atoms with Gasteiger partial charge in [0.1, 0.15) is 11.5 Å². The van der Waals surface area contributed by atoms with Crippen LogP contribution < -0.4 is 4.74 Å². The van der Waals surface area contributed by atoms with Crippen molar-refractivity contribution in [3.63, 3.8) is 0 Å². The molecule has 0 saturated carbocycles. The summed E-state index contributed by atoms with van der Waals surface area (Å²) < 4.78 is 8.96. The van der Waals surface area contributed by atoms with Gasteiger partial charge in [0.05, 0.1) is 5.41 Å². The second-order valence-corrected chi connectivity index (χ2v) is 14.2. The molecule has 1 spiro atoms. The summed E-state index contributed by atoms with van der Waals surface area (Å²) in [7, 11) is 0. The first-order valence-corrected chi connectivity index (χ1v) is 17.9. The van der Waals surface area contributed by atoms with Crippen LogP contribution in [0.25, 0.3) is 65.5 Å². The Kier molecular flexibility index (Phi) is 6.01. The van der Waals surface area contributed by atoms with Gasteiger partial charge in [0.2, 0.25) is 0 Å². The number of hydrogen-bond acceptors (Lipinski definition) is 5. The molecule has 0 unspecified atom stereocenters. The average Bonchev–Trinajstić information content (AvgIpc) is 3.71. The largest absolute Gasteiger partial charge is 0.457 e. The Labute approximate surface area is 298 Å². The fraction of sp³-hybridized carbons (Fsp3) is 0.0217. The van der Waals surface area contributed by atoms with E-state index in [1.807, 2.05) is 47.7 Å². The van der Waals surface area contributed by atoms with Crippen LogP contribution in [0.3, 0.4) is 0 Å². The first kappa shape index (κ1) is 28.4. The van der Waals surface area contributed by atoms with Crippen molar-refractivity contribution in [2.45, 2.75) is 5.41 Å². The SMILES string of the molecule is c1ccc(-c2nc(-c3ccccc3)nc(-c3cccc4c3sc3cc5c(cc34)C3(c4ccccc4Oc4ccccc43)c3ccccc3-5)n2)cc1. The second kappa shape index (κ2) is 10.8. The van der Waals surface area contributed by atoms with E-state index in [0.29, 0.717) is 17.5 Å². The van der Waals surface area contributed by atoms with Crippen LogP contribution in [-0.2, 0) is 5.41 Å². The molecular formula is C46H27N3OS. The normalized spacial score (nSPS) is 13.4. The van der Waals surface area contributed by atoms with Crippen molar-refractivity contribution >= 4 is 31.5 Å². The molecule has 9 aromatic rings. The quantitative estimate of drug-likeness (QED) is 0.188. The Morgan fingerprint density at radius 3 is 1.63 bits per heavy atom. The van der Waals surface area contributed by atoms with Crippen LogP contribution >= 0.6 is 11.3 Å². The number of rotatable bonds is 3. The lowest BCUT2D eigenvalue weighted by atomic mass is 9.66. The Balaban J connectivity index is 1.19. The minimum atomic E-state index is -0.513. The summed E-state index contributed by atoms with van der Waals surface area (Å²) in [5, 5.41) is 2.42. The highest BCUT2D eigenvalue weighted by Gasteiger charge is 2.51. The van der Waals surface area contributed by atoms with Gasteiger partial charge < -0.3 is 4.74 Å². The zero-order valence-corrected chi connectivity index (χ0v) is 28.1. The van der Waals surface area contributed by atoms with E-state index in [9.17, 15) is 0 Å². The molecule has 51 heavy (non-hydrogen) atoms. The van der Waals surface area contributed by atoms with Crippen molar-refractivity contribution in [2.24, 2.45) is 0 Å². The molecule has 11 rings (SSSR count). The van der Waals surface area contributed by atoms with Crippen LogP contribution in [0.5, 0.6) is 11.5 Å². The molecule has 1 aliphatic heterocycles. The van der Waals surface area contributed by atoms with Gasteiger partial charge in [0, 0.05) is 48.0 Å². The van der Waals surface area contributed by atoms with E-state index in [-0.39, 0.29) is 0 Å². The Hall–Kier alpha value is -6.43. The molecule has 7 aromatic carbocycles. The summed E-state index contributed by atoms with van der Waals surface area (Å²) in [6.45, 7) is 0. The minimum Gasteiger partial charge on any atom is -0.457 e. The van der Waals surface area contributed by atoms with E-state index in [4.69, 9.17) is 19.7 Å². The number of benzene rings is 7. The molecule has 0 fully saturated rings. The first-order chi connectivity index (χ1) is 25.3. The Morgan fingerprint density at radius 1 is 0.412 bits per heavy atom. The third-order valence-electron chi connectivity index (χ3n) is 10.4. The maximum Gasteiger partial charge on any atom is 0.165 e. The van der Waals surface area contributed by atoms with Gasteiger partial charge in [-0.15, -0.1) is 11.3 Å². The van der Waals surface area contributed by atoms with E-state index in [1.54, 1.807) is 0 Å². The molecule has 3 heterocycles. The molecule has 0 saturated heterocycles.